The van der Waals surface area contributed by atoms with Crippen molar-refractivity contribution in [1.82, 2.24) is 0 Å². The molecule has 0 radical (unpaired) electrons. The van der Waals surface area contributed by atoms with Crippen molar-refractivity contribution in [1.29, 1.82) is 0 Å². The molecule has 0 aliphatic carbocycles. The number of rotatable bonds is 63. The molecule has 0 heterocycles. The van der Waals surface area contributed by atoms with Gasteiger partial charge in [0, 0.05) is 12.8 Å². The Hall–Kier alpha value is -1.71. The summed E-state index contributed by atoms with van der Waals surface area (Å²) in [6, 6.07) is 0. The predicted molar refractivity (Wildman–Crippen MR) is 318 cm³/mol. The Morgan fingerprint density at radius 2 is 0.600 bits per heavy atom. The number of esters is 2. The molecular formula is C66H130NO8+. The lowest BCUT2D eigenvalue weighted by Crippen LogP contribution is -2.40. The summed E-state index contributed by atoms with van der Waals surface area (Å²) < 4.78 is 22.9. The molecule has 0 fully saturated rings. The first-order valence-corrected chi connectivity index (χ1v) is 33.2. The maximum atomic E-state index is 12.9. The highest BCUT2D eigenvalue weighted by atomic mass is 16.7. The number of hydrogen-bond acceptors (Lipinski definition) is 7. The maximum Gasteiger partial charge on any atom is 0.361 e. The zero-order valence-corrected chi connectivity index (χ0v) is 51.0. The molecule has 0 aliphatic heterocycles. The van der Waals surface area contributed by atoms with Crippen LogP contribution in [0, 0.1) is 0 Å². The van der Waals surface area contributed by atoms with Crippen molar-refractivity contribution in [3.8, 4) is 0 Å². The van der Waals surface area contributed by atoms with Crippen LogP contribution >= 0.6 is 0 Å². The summed E-state index contributed by atoms with van der Waals surface area (Å²) in [6.45, 7) is 4.95. The van der Waals surface area contributed by atoms with Gasteiger partial charge in [0.15, 0.2) is 6.10 Å². The van der Waals surface area contributed by atoms with Crippen LogP contribution in [-0.4, -0.2) is 87.4 Å². The second-order valence-electron chi connectivity index (χ2n) is 24.2. The van der Waals surface area contributed by atoms with Crippen LogP contribution in [0.5, 0.6) is 0 Å². The molecule has 9 nitrogen and oxygen atoms in total. The minimum absolute atomic E-state index is 0.173. The molecule has 446 valence electrons. The molecule has 9 heteroatoms. The van der Waals surface area contributed by atoms with E-state index in [-0.39, 0.29) is 38.2 Å². The van der Waals surface area contributed by atoms with Gasteiger partial charge >= 0.3 is 17.9 Å². The van der Waals surface area contributed by atoms with Gasteiger partial charge in [-0.2, -0.15) is 0 Å². The van der Waals surface area contributed by atoms with Crippen LogP contribution in [0.3, 0.4) is 0 Å². The predicted octanol–water partition coefficient (Wildman–Crippen LogP) is 19.9. The Bertz CT molecular complexity index is 1190. The lowest BCUT2D eigenvalue weighted by molar-refractivity contribution is -0.870. The van der Waals surface area contributed by atoms with Crippen molar-refractivity contribution in [2.45, 2.75) is 360 Å². The third-order valence-electron chi connectivity index (χ3n) is 15.4. The highest BCUT2D eigenvalue weighted by molar-refractivity contribution is 5.71. The number of quaternary nitrogens is 1. The van der Waals surface area contributed by atoms with E-state index in [2.05, 4.69) is 13.8 Å². The minimum atomic E-state index is -1.50. The van der Waals surface area contributed by atoms with Gasteiger partial charge < -0.3 is 28.5 Å². The number of carboxylic acids is 1. The van der Waals surface area contributed by atoms with Crippen molar-refractivity contribution < 1.29 is 42.9 Å². The number of unbranched alkanes of at least 4 members (excludes halogenated alkanes) is 48. The third-order valence-corrected chi connectivity index (χ3v) is 15.4. The fourth-order valence-electron chi connectivity index (χ4n) is 10.3. The van der Waals surface area contributed by atoms with Crippen molar-refractivity contribution in [3.05, 3.63) is 0 Å². The van der Waals surface area contributed by atoms with Crippen LogP contribution in [0.2, 0.25) is 0 Å². The fourth-order valence-corrected chi connectivity index (χ4v) is 10.3. The number of ether oxygens (including phenoxy) is 4. The van der Waals surface area contributed by atoms with Crippen LogP contribution in [0.15, 0.2) is 0 Å². The molecule has 2 unspecified atom stereocenters. The van der Waals surface area contributed by atoms with Crippen LogP contribution in [0.25, 0.3) is 0 Å². The van der Waals surface area contributed by atoms with E-state index in [1.807, 2.05) is 21.1 Å². The van der Waals surface area contributed by atoms with E-state index in [0.29, 0.717) is 17.4 Å². The quantitative estimate of drug-likeness (QED) is 0.0278. The number of carbonyl (C=O) groups is 3. The summed E-state index contributed by atoms with van der Waals surface area (Å²) in [4.78, 5) is 37.4. The molecule has 1 N–H and O–H groups in total. The minimum Gasteiger partial charge on any atom is -0.477 e. The molecule has 0 aliphatic rings. The van der Waals surface area contributed by atoms with Gasteiger partial charge in [0.2, 0.25) is 0 Å². The molecular weight excluding hydrogens is 935 g/mol. The van der Waals surface area contributed by atoms with Gasteiger partial charge in [-0.25, -0.2) is 4.79 Å². The van der Waals surface area contributed by atoms with E-state index < -0.39 is 18.4 Å². The lowest BCUT2D eigenvalue weighted by Gasteiger charge is -2.25. The number of carbonyl (C=O) groups excluding carboxylic acids is 2. The summed E-state index contributed by atoms with van der Waals surface area (Å²) in [5, 5.41) is 9.71. The maximum absolute atomic E-state index is 12.9. The molecule has 0 spiro atoms. The molecule has 0 rings (SSSR count). The van der Waals surface area contributed by atoms with Gasteiger partial charge in [0.05, 0.1) is 34.4 Å². The second-order valence-corrected chi connectivity index (χ2v) is 24.2. The summed E-state index contributed by atoms with van der Waals surface area (Å²) >= 11 is 0. The van der Waals surface area contributed by atoms with Crippen LogP contribution in [0.1, 0.15) is 348 Å². The van der Waals surface area contributed by atoms with E-state index in [9.17, 15) is 19.5 Å². The number of hydrogen-bond donors (Lipinski definition) is 1. The summed E-state index contributed by atoms with van der Waals surface area (Å²) in [5.41, 5.74) is 0. The average Bonchev–Trinajstić information content (AvgIpc) is 3.38. The first kappa shape index (κ1) is 73.3. The Kier molecular flexibility index (Phi) is 57.1. The highest BCUT2D eigenvalue weighted by Crippen LogP contribution is 2.19. The third kappa shape index (κ3) is 59.8. The smallest absolute Gasteiger partial charge is 0.361 e. The van der Waals surface area contributed by atoms with Gasteiger partial charge in [0.25, 0.3) is 6.29 Å². The first-order valence-electron chi connectivity index (χ1n) is 33.2. The van der Waals surface area contributed by atoms with E-state index in [4.69, 9.17) is 18.9 Å². The largest absolute Gasteiger partial charge is 0.477 e. The second kappa shape index (κ2) is 58.4. The van der Waals surface area contributed by atoms with Crippen LogP contribution < -0.4 is 0 Å². The summed E-state index contributed by atoms with van der Waals surface area (Å²) in [6.07, 6.45) is 65.2. The normalized spacial score (nSPS) is 12.6. The van der Waals surface area contributed by atoms with Crippen LogP contribution in [0.4, 0.5) is 0 Å². The molecule has 0 aromatic carbocycles. The highest BCUT2D eigenvalue weighted by Gasteiger charge is 2.25. The SMILES string of the molecule is CCCCCCCCCCCCCCCCCCCCCCCCCCCCCCCCCCCCCCC(=O)OC(COC(=O)CCCCCCCCCCCCCCCC)COC(OCC[N+](C)(C)C)C(=O)O. The van der Waals surface area contributed by atoms with E-state index in [1.165, 1.54) is 283 Å². The van der Waals surface area contributed by atoms with Gasteiger partial charge in [-0.1, -0.05) is 322 Å². The lowest BCUT2D eigenvalue weighted by atomic mass is 10.0. The molecule has 0 bridgehead atoms. The Balaban J connectivity index is 3.93. The van der Waals surface area contributed by atoms with Gasteiger partial charge in [-0.3, -0.25) is 9.59 Å². The van der Waals surface area contributed by atoms with Gasteiger partial charge in [0.1, 0.15) is 13.2 Å². The number of likely N-dealkylation sites (N-methyl/N-ethyl adjacent to an activating group) is 1. The zero-order chi connectivity index (χ0) is 54.8. The Morgan fingerprint density at radius 1 is 0.347 bits per heavy atom. The molecule has 2 atom stereocenters. The number of aliphatic carboxylic acids is 1. The van der Waals surface area contributed by atoms with Crippen molar-refractivity contribution >= 4 is 17.9 Å². The molecule has 0 amide bonds. The van der Waals surface area contributed by atoms with E-state index in [1.54, 1.807) is 0 Å². The standard InChI is InChI=1S/C66H129NO8/c1-6-8-10-12-14-16-18-20-22-23-24-25-26-27-28-29-30-31-32-33-34-35-36-37-38-39-40-41-42-43-45-47-49-51-53-55-57-64(69)75-62(61-74-66(65(70)71)72-59-58-67(3,4)5)60-73-63(68)56-54-52-50-48-46-44-21-19-17-15-13-11-9-7-2/h62,66H,6-61H2,1-5H3/p+1. The van der Waals surface area contributed by atoms with Gasteiger partial charge in [-0.05, 0) is 12.8 Å². The van der Waals surface area contributed by atoms with Crippen molar-refractivity contribution in [2.75, 3.05) is 47.5 Å². The molecule has 0 saturated heterocycles. The van der Waals surface area contributed by atoms with Crippen LogP contribution in [-0.2, 0) is 33.3 Å². The van der Waals surface area contributed by atoms with Crippen molar-refractivity contribution in [3.63, 3.8) is 0 Å². The Morgan fingerprint density at radius 3 is 0.853 bits per heavy atom. The van der Waals surface area contributed by atoms with E-state index >= 15 is 0 Å². The van der Waals surface area contributed by atoms with E-state index in [0.717, 1.165) is 38.5 Å². The summed E-state index contributed by atoms with van der Waals surface area (Å²) in [7, 11) is 5.99. The molecule has 0 aromatic heterocycles. The molecule has 0 saturated carbocycles. The monoisotopic (exact) mass is 1060 g/mol. The summed E-state index contributed by atoms with van der Waals surface area (Å²) in [5.74, 6) is -1.97. The van der Waals surface area contributed by atoms with Crippen molar-refractivity contribution in [2.24, 2.45) is 0 Å². The number of carboxylic acid groups (broad SMARTS) is 1. The molecule has 0 aromatic rings. The Labute approximate surface area is 466 Å². The first-order chi connectivity index (χ1) is 36.6. The zero-order valence-electron chi connectivity index (χ0n) is 51.0. The topological polar surface area (TPSA) is 108 Å². The molecule has 75 heavy (non-hydrogen) atoms. The fraction of sp³-hybridized carbons (Fsp3) is 0.955. The number of nitrogens with zero attached hydrogens (tertiary/aromatic N) is 1. The average molecular weight is 1070 g/mol. The van der Waals surface area contributed by atoms with Gasteiger partial charge in [-0.15, -0.1) is 0 Å².